The third-order valence-corrected chi connectivity index (χ3v) is 5.51. The topological polar surface area (TPSA) is 134 Å². The van der Waals surface area contributed by atoms with Crippen molar-refractivity contribution in [3.63, 3.8) is 0 Å². The normalized spacial score (nSPS) is 15.7. The number of rotatable bonds is 7. The molecule has 174 valence electrons. The molecule has 0 amide bonds. The lowest BCUT2D eigenvalue weighted by atomic mass is 9.97. The first-order chi connectivity index (χ1) is 16.2. The fraction of sp³-hybridized carbons (Fsp3) is 0.333. The molecule has 4 rings (SSSR count). The molecule has 3 N–H and O–H groups in total. The molecular weight excluding hydrogens is 435 g/mol. The second kappa shape index (κ2) is 9.49. The zero-order valence-electron chi connectivity index (χ0n) is 19.0. The number of nitrogens with two attached hydrogens (primary N) is 1. The monoisotopic (exact) mass is 460 g/mol. The highest BCUT2D eigenvalue weighted by atomic mass is 19.1. The first-order valence-electron chi connectivity index (χ1n) is 10.9. The number of hydrogen-bond acceptors (Lipinski definition) is 9. The summed E-state index contributed by atoms with van der Waals surface area (Å²) >= 11 is 0. The van der Waals surface area contributed by atoms with Gasteiger partial charge < -0.3 is 16.0 Å². The number of hydrogen-bond donors (Lipinski definition) is 2. The first kappa shape index (κ1) is 23.2. The minimum absolute atomic E-state index is 0.0950. The Labute approximate surface area is 196 Å². The van der Waals surface area contributed by atoms with Crippen molar-refractivity contribution in [3.05, 3.63) is 54.1 Å². The number of Topliss-reactive ketones (excluding diaryl/α,β-unsaturated/α-hetero) is 1. The van der Waals surface area contributed by atoms with Crippen molar-refractivity contribution in [2.24, 2.45) is 5.73 Å². The van der Waals surface area contributed by atoms with E-state index in [1.807, 2.05) is 0 Å². The molecule has 3 aromatic rings. The molecule has 0 aromatic carbocycles. The number of pyridine rings is 2. The van der Waals surface area contributed by atoms with Gasteiger partial charge in [-0.2, -0.15) is 5.26 Å². The number of nitrogens with one attached hydrogen (secondary N) is 1. The summed E-state index contributed by atoms with van der Waals surface area (Å²) in [6.07, 6.45) is 4.51. The van der Waals surface area contributed by atoms with Crippen molar-refractivity contribution in [2.75, 3.05) is 23.3 Å². The van der Waals surface area contributed by atoms with Crippen LogP contribution in [-0.4, -0.2) is 50.5 Å². The number of anilines is 3. The van der Waals surface area contributed by atoms with E-state index in [2.05, 4.69) is 31.3 Å². The number of ketones is 1. The van der Waals surface area contributed by atoms with E-state index in [4.69, 9.17) is 5.73 Å². The van der Waals surface area contributed by atoms with Gasteiger partial charge in [0.15, 0.2) is 5.78 Å². The van der Waals surface area contributed by atoms with Gasteiger partial charge in [-0.3, -0.25) is 9.78 Å². The smallest absolute Gasteiger partial charge is 0.227 e. The van der Waals surface area contributed by atoms with Crippen LogP contribution >= 0.6 is 0 Å². The summed E-state index contributed by atoms with van der Waals surface area (Å²) in [5, 5.41) is 12.7. The Hall–Kier alpha value is -3.97. The summed E-state index contributed by atoms with van der Waals surface area (Å²) in [6, 6.07) is 9.11. The average Bonchev–Trinajstić information content (AvgIpc) is 3.25. The van der Waals surface area contributed by atoms with Gasteiger partial charge in [0.25, 0.3) is 0 Å². The van der Waals surface area contributed by atoms with Crippen LogP contribution in [-0.2, 0) is 11.2 Å². The minimum Gasteiger partial charge on any atom is -0.352 e. The molecule has 34 heavy (non-hydrogen) atoms. The molecule has 10 heteroatoms. The quantitative estimate of drug-likeness (QED) is 0.546. The van der Waals surface area contributed by atoms with Crippen LogP contribution in [0.3, 0.4) is 0 Å². The molecule has 0 aliphatic carbocycles. The van der Waals surface area contributed by atoms with E-state index in [0.717, 1.165) is 0 Å². The molecule has 9 nitrogen and oxygen atoms in total. The largest absolute Gasteiger partial charge is 0.352 e. The summed E-state index contributed by atoms with van der Waals surface area (Å²) in [4.78, 5) is 31.4. The number of alkyl halides is 1. The summed E-state index contributed by atoms with van der Waals surface area (Å²) < 4.78 is 13.6. The molecule has 0 bridgehead atoms. The van der Waals surface area contributed by atoms with E-state index in [1.54, 1.807) is 61.6 Å². The van der Waals surface area contributed by atoms with Crippen molar-refractivity contribution >= 4 is 23.2 Å². The van der Waals surface area contributed by atoms with E-state index < -0.39 is 11.7 Å². The molecule has 0 spiro atoms. The number of halogens is 1. The van der Waals surface area contributed by atoms with Gasteiger partial charge in [0.2, 0.25) is 5.95 Å². The van der Waals surface area contributed by atoms with E-state index in [9.17, 15) is 14.4 Å². The summed E-state index contributed by atoms with van der Waals surface area (Å²) in [7, 11) is 0. The lowest BCUT2D eigenvalue weighted by Gasteiger charge is -2.18. The van der Waals surface area contributed by atoms with Gasteiger partial charge in [-0.1, -0.05) is 0 Å². The highest BCUT2D eigenvalue weighted by Crippen LogP contribution is 2.27. The second-order valence-electron chi connectivity index (χ2n) is 8.79. The van der Waals surface area contributed by atoms with Crippen LogP contribution in [0.5, 0.6) is 0 Å². The lowest BCUT2D eigenvalue weighted by Crippen LogP contribution is -2.42. The predicted molar refractivity (Wildman–Crippen MR) is 126 cm³/mol. The maximum absolute atomic E-state index is 13.6. The number of aromatic nitrogens is 4. The van der Waals surface area contributed by atoms with Crippen LogP contribution in [0.2, 0.25) is 0 Å². The second-order valence-corrected chi connectivity index (χ2v) is 8.79. The van der Waals surface area contributed by atoms with Gasteiger partial charge in [0.1, 0.15) is 18.1 Å². The SMILES string of the molecule is CC(C)(N)C(=O)Cc1ccc(Nc2nccc(-c3cnc(N4CC[C@H](F)C4)c(C#N)c3)n2)cn1. The molecule has 1 aliphatic rings. The van der Waals surface area contributed by atoms with Crippen molar-refractivity contribution in [1.82, 2.24) is 19.9 Å². The van der Waals surface area contributed by atoms with Crippen LogP contribution in [0.25, 0.3) is 11.3 Å². The third-order valence-electron chi connectivity index (χ3n) is 5.51. The zero-order valence-corrected chi connectivity index (χ0v) is 19.0. The van der Waals surface area contributed by atoms with Gasteiger partial charge in [-0.05, 0) is 44.5 Å². The van der Waals surface area contributed by atoms with Crippen LogP contribution < -0.4 is 16.0 Å². The van der Waals surface area contributed by atoms with Crippen LogP contribution in [0, 0.1) is 11.3 Å². The van der Waals surface area contributed by atoms with E-state index >= 15 is 0 Å². The van der Waals surface area contributed by atoms with Crippen LogP contribution in [0.15, 0.2) is 42.9 Å². The molecule has 0 radical (unpaired) electrons. The van der Waals surface area contributed by atoms with Crippen molar-refractivity contribution in [3.8, 4) is 17.3 Å². The molecule has 1 fully saturated rings. The predicted octanol–water partition coefficient (Wildman–Crippen LogP) is 2.95. The van der Waals surface area contributed by atoms with Gasteiger partial charge in [0.05, 0.1) is 41.6 Å². The minimum atomic E-state index is -0.907. The van der Waals surface area contributed by atoms with Crippen molar-refractivity contribution in [2.45, 2.75) is 38.4 Å². The Kier molecular flexibility index (Phi) is 6.47. The number of carbonyl (C=O) groups excluding carboxylic acids is 1. The molecule has 1 aliphatic heterocycles. The highest BCUT2D eigenvalue weighted by molar-refractivity contribution is 5.88. The first-order valence-corrected chi connectivity index (χ1v) is 10.9. The van der Waals surface area contributed by atoms with E-state index in [1.165, 1.54) is 0 Å². The Morgan fingerprint density at radius 2 is 2.12 bits per heavy atom. The Morgan fingerprint density at radius 1 is 1.29 bits per heavy atom. The number of carbonyl (C=O) groups is 1. The number of nitriles is 1. The van der Waals surface area contributed by atoms with Gasteiger partial charge >= 0.3 is 0 Å². The van der Waals surface area contributed by atoms with Gasteiger partial charge in [-0.25, -0.2) is 19.3 Å². The van der Waals surface area contributed by atoms with Crippen molar-refractivity contribution < 1.29 is 9.18 Å². The zero-order chi connectivity index (χ0) is 24.3. The molecule has 1 atom stereocenters. The summed E-state index contributed by atoms with van der Waals surface area (Å²) in [5.41, 5.74) is 7.81. The standard InChI is InChI=1S/C24H25FN8O/c1-24(2,27)21(34)10-18-3-4-19(13-29-18)31-23-28-7-5-20(32-23)16-9-15(11-26)22(30-12-16)33-8-6-17(25)14-33/h3-5,7,9,12-13,17H,6,8,10,14,27H2,1-2H3,(H,28,31,32)/t17-/m0/s1. The highest BCUT2D eigenvalue weighted by Gasteiger charge is 2.25. The Balaban J connectivity index is 1.49. The Morgan fingerprint density at radius 3 is 2.76 bits per heavy atom. The molecule has 1 saturated heterocycles. The van der Waals surface area contributed by atoms with Crippen LogP contribution in [0.4, 0.5) is 21.8 Å². The van der Waals surface area contributed by atoms with Crippen molar-refractivity contribution in [1.29, 1.82) is 5.26 Å². The van der Waals surface area contributed by atoms with E-state index in [0.29, 0.717) is 52.9 Å². The maximum atomic E-state index is 13.6. The number of nitrogens with zero attached hydrogens (tertiary/aromatic N) is 6. The fourth-order valence-electron chi connectivity index (χ4n) is 3.55. The summed E-state index contributed by atoms with van der Waals surface area (Å²) in [5.74, 6) is 0.734. The average molecular weight is 461 g/mol. The van der Waals surface area contributed by atoms with Gasteiger partial charge in [-0.15, -0.1) is 0 Å². The third kappa shape index (κ3) is 5.32. The lowest BCUT2D eigenvalue weighted by molar-refractivity contribution is -0.122. The fourth-order valence-corrected chi connectivity index (χ4v) is 3.55. The van der Waals surface area contributed by atoms with Crippen LogP contribution in [0.1, 0.15) is 31.5 Å². The molecule has 0 unspecified atom stereocenters. The maximum Gasteiger partial charge on any atom is 0.227 e. The van der Waals surface area contributed by atoms with E-state index in [-0.39, 0.29) is 18.7 Å². The molecular formula is C24H25FN8O. The molecule has 0 saturated carbocycles. The summed E-state index contributed by atoms with van der Waals surface area (Å²) in [6.45, 7) is 4.12. The van der Waals surface area contributed by atoms with Gasteiger partial charge in [0, 0.05) is 30.2 Å². The molecule has 4 heterocycles. The Bertz CT molecular complexity index is 1230. The molecule has 3 aromatic heterocycles.